The number of likely N-dealkylation sites (tertiary alicyclic amines) is 1. The second kappa shape index (κ2) is 7.57. The summed E-state index contributed by atoms with van der Waals surface area (Å²) in [6.07, 6.45) is 5.88. The minimum absolute atomic E-state index is 0.0549. The average Bonchev–Trinajstić information content (AvgIpc) is 2.61. The minimum atomic E-state index is -0.596. The number of piperidine rings is 1. The minimum Gasteiger partial charge on any atom is -0.476 e. The Morgan fingerprint density at radius 3 is 3.08 bits per heavy atom. The van der Waals surface area contributed by atoms with Gasteiger partial charge in [0.05, 0.1) is 18.4 Å². The number of pyridine rings is 2. The van der Waals surface area contributed by atoms with Gasteiger partial charge in [-0.05, 0) is 31.0 Å². The zero-order valence-electron chi connectivity index (χ0n) is 13.0. The topological polar surface area (TPSA) is 55.3 Å². The van der Waals surface area contributed by atoms with Crippen LogP contribution in [0.3, 0.4) is 0 Å². The van der Waals surface area contributed by atoms with Gasteiger partial charge in [-0.15, -0.1) is 0 Å². The Morgan fingerprint density at radius 1 is 1.42 bits per heavy atom. The molecular formula is C17H17ClFN3O2. The first-order chi connectivity index (χ1) is 11.6. The first-order valence-corrected chi connectivity index (χ1v) is 8.15. The van der Waals surface area contributed by atoms with Gasteiger partial charge in [-0.3, -0.25) is 9.78 Å². The van der Waals surface area contributed by atoms with Crippen molar-refractivity contribution in [2.75, 3.05) is 19.7 Å². The number of hydrogen-bond donors (Lipinski definition) is 0. The fourth-order valence-corrected chi connectivity index (χ4v) is 2.95. The molecule has 0 radical (unpaired) electrons. The Morgan fingerprint density at radius 2 is 2.29 bits per heavy atom. The molecule has 0 saturated carbocycles. The van der Waals surface area contributed by atoms with Gasteiger partial charge in [0, 0.05) is 31.4 Å². The quantitative estimate of drug-likeness (QED) is 0.850. The van der Waals surface area contributed by atoms with Gasteiger partial charge >= 0.3 is 0 Å². The van der Waals surface area contributed by atoms with Gasteiger partial charge in [0.1, 0.15) is 5.02 Å². The molecule has 7 heteroatoms. The van der Waals surface area contributed by atoms with E-state index in [-0.39, 0.29) is 17.4 Å². The van der Waals surface area contributed by atoms with E-state index in [1.165, 1.54) is 12.3 Å². The largest absolute Gasteiger partial charge is 0.476 e. The molecule has 1 amide bonds. The van der Waals surface area contributed by atoms with Crippen LogP contribution in [0.2, 0.25) is 5.02 Å². The van der Waals surface area contributed by atoms with Crippen LogP contribution in [0.5, 0.6) is 5.88 Å². The number of amides is 1. The molecule has 1 saturated heterocycles. The van der Waals surface area contributed by atoms with E-state index in [1.54, 1.807) is 23.2 Å². The molecule has 5 nitrogen and oxygen atoms in total. The lowest BCUT2D eigenvalue weighted by Crippen LogP contribution is -2.42. The molecule has 3 rings (SSSR count). The van der Waals surface area contributed by atoms with E-state index in [4.69, 9.17) is 16.3 Å². The van der Waals surface area contributed by atoms with Crippen molar-refractivity contribution in [1.29, 1.82) is 0 Å². The molecule has 0 bridgehead atoms. The van der Waals surface area contributed by atoms with E-state index < -0.39 is 5.82 Å². The highest BCUT2D eigenvalue weighted by molar-refractivity contribution is 6.31. The summed E-state index contributed by atoms with van der Waals surface area (Å²) < 4.78 is 19.4. The Labute approximate surface area is 144 Å². The Kier molecular flexibility index (Phi) is 5.25. The number of nitrogens with zero attached hydrogens (tertiary/aromatic N) is 3. The summed E-state index contributed by atoms with van der Waals surface area (Å²) in [5.74, 6) is -0.356. The number of carbonyl (C=O) groups is 1. The number of halogens is 2. The van der Waals surface area contributed by atoms with E-state index in [0.29, 0.717) is 30.6 Å². The summed E-state index contributed by atoms with van der Waals surface area (Å²) in [7, 11) is 0. The fourth-order valence-electron chi connectivity index (χ4n) is 2.78. The van der Waals surface area contributed by atoms with Crippen molar-refractivity contribution >= 4 is 17.5 Å². The first kappa shape index (κ1) is 16.6. The van der Waals surface area contributed by atoms with Crippen molar-refractivity contribution in [3.8, 4) is 5.88 Å². The number of carbonyl (C=O) groups excluding carboxylic acids is 1. The predicted molar refractivity (Wildman–Crippen MR) is 87.6 cm³/mol. The molecule has 1 aliphatic heterocycles. The van der Waals surface area contributed by atoms with Crippen LogP contribution in [0, 0.1) is 11.7 Å². The number of rotatable bonds is 4. The summed E-state index contributed by atoms with van der Waals surface area (Å²) in [5.41, 5.74) is 0.0549. The Hall–Kier alpha value is -2.21. The summed E-state index contributed by atoms with van der Waals surface area (Å²) in [4.78, 5) is 21.9. The molecule has 0 spiro atoms. The van der Waals surface area contributed by atoms with Crippen LogP contribution in [0.15, 0.2) is 36.8 Å². The maximum Gasteiger partial charge on any atom is 0.256 e. The Balaban J connectivity index is 1.61. The van der Waals surface area contributed by atoms with Crippen LogP contribution < -0.4 is 4.74 Å². The zero-order chi connectivity index (χ0) is 16.9. The van der Waals surface area contributed by atoms with Crippen LogP contribution in [0.1, 0.15) is 23.2 Å². The molecule has 2 aromatic rings. The van der Waals surface area contributed by atoms with Crippen LogP contribution in [0.4, 0.5) is 4.39 Å². The van der Waals surface area contributed by atoms with E-state index in [9.17, 15) is 9.18 Å². The van der Waals surface area contributed by atoms with Crippen molar-refractivity contribution in [2.45, 2.75) is 12.8 Å². The van der Waals surface area contributed by atoms with Gasteiger partial charge < -0.3 is 9.64 Å². The average molecular weight is 350 g/mol. The second-order valence-electron chi connectivity index (χ2n) is 5.72. The highest BCUT2D eigenvalue weighted by Crippen LogP contribution is 2.23. The first-order valence-electron chi connectivity index (χ1n) is 7.77. The van der Waals surface area contributed by atoms with Crippen molar-refractivity contribution < 1.29 is 13.9 Å². The lowest BCUT2D eigenvalue weighted by atomic mass is 9.98. The Bertz CT molecular complexity index is 728. The normalized spacial score (nSPS) is 17.6. The van der Waals surface area contributed by atoms with Crippen molar-refractivity contribution in [3.63, 3.8) is 0 Å². The maximum absolute atomic E-state index is 13.7. The van der Waals surface area contributed by atoms with Crippen molar-refractivity contribution in [3.05, 3.63) is 53.2 Å². The third kappa shape index (κ3) is 3.82. The van der Waals surface area contributed by atoms with Gasteiger partial charge in [-0.1, -0.05) is 11.6 Å². The summed E-state index contributed by atoms with van der Waals surface area (Å²) in [6.45, 7) is 1.55. The molecule has 1 aliphatic rings. The number of aromatic nitrogens is 2. The lowest BCUT2D eigenvalue weighted by molar-refractivity contribution is 0.0626. The van der Waals surface area contributed by atoms with Crippen molar-refractivity contribution in [1.82, 2.24) is 14.9 Å². The van der Waals surface area contributed by atoms with Gasteiger partial charge in [0.15, 0.2) is 5.82 Å². The third-order valence-electron chi connectivity index (χ3n) is 3.99. The molecule has 3 heterocycles. The maximum atomic E-state index is 13.7. The van der Waals surface area contributed by atoms with Gasteiger partial charge in [0.2, 0.25) is 5.88 Å². The van der Waals surface area contributed by atoms with Crippen LogP contribution in [0.25, 0.3) is 0 Å². The molecule has 126 valence electrons. The number of hydrogen-bond acceptors (Lipinski definition) is 4. The van der Waals surface area contributed by atoms with E-state index >= 15 is 0 Å². The standard InChI is InChI=1S/C17H17ClFN3O2/c18-14-4-1-6-21-16(14)24-11-12-3-2-8-22(10-12)17(23)13-5-7-20-9-15(13)19/h1,4-7,9,12H,2-3,8,10-11H2. The molecular weight excluding hydrogens is 333 g/mol. The number of ether oxygens (including phenoxy) is 1. The summed E-state index contributed by atoms with van der Waals surface area (Å²) in [5, 5.41) is 0.458. The molecule has 0 N–H and O–H groups in total. The molecule has 1 unspecified atom stereocenters. The third-order valence-corrected chi connectivity index (χ3v) is 4.28. The second-order valence-corrected chi connectivity index (χ2v) is 6.12. The lowest BCUT2D eigenvalue weighted by Gasteiger charge is -2.32. The SMILES string of the molecule is O=C(c1ccncc1F)N1CCCC(COc2ncccc2Cl)C1. The molecule has 0 aliphatic carbocycles. The molecule has 1 atom stereocenters. The predicted octanol–water partition coefficient (Wildman–Crippen LogP) is 3.20. The zero-order valence-corrected chi connectivity index (χ0v) is 13.7. The molecule has 1 fully saturated rings. The smallest absolute Gasteiger partial charge is 0.256 e. The highest BCUT2D eigenvalue weighted by Gasteiger charge is 2.26. The monoisotopic (exact) mass is 349 g/mol. The van der Waals surface area contributed by atoms with Crippen LogP contribution >= 0.6 is 11.6 Å². The van der Waals surface area contributed by atoms with Gasteiger partial charge in [-0.25, -0.2) is 9.37 Å². The van der Waals surface area contributed by atoms with E-state index in [0.717, 1.165) is 19.0 Å². The molecule has 2 aromatic heterocycles. The molecule has 0 aromatic carbocycles. The summed E-state index contributed by atoms with van der Waals surface area (Å²) >= 11 is 6.02. The molecule has 24 heavy (non-hydrogen) atoms. The summed E-state index contributed by atoms with van der Waals surface area (Å²) in [6, 6.07) is 4.86. The van der Waals surface area contributed by atoms with E-state index in [1.807, 2.05) is 0 Å². The van der Waals surface area contributed by atoms with Crippen LogP contribution in [-0.4, -0.2) is 40.5 Å². The van der Waals surface area contributed by atoms with E-state index in [2.05, 4.69) is 9.97 Å². The van der Waals surface area contributed by atoms with Crippen molar-refractivity contribution in [2.24, 2.45) is 5.92 Å². The van der Waals surface area contributed by atoms with Crippen LogP contribution in [-0.2, 0) is 0 Å². The van der Waals surface area contributed by atoms with Gasteiger partial charge in [0.25, 0.3) is 5.91 Å². The van der Waals surface area contributed by atoms with Gasteiger partial charge in [-0.2, -0.15) is 0 Å². The highest BCUT2D eigenvalue weighted by atomic mass is 35.5. The fraction of sp³-hybridized carbons (Fsp3) is 0.353.